The van der Waals surface area contributed by atoms with Crippen LogP contribution in [-0.2, 0) is 13.1 Å². The number of quaternary nitrogens is 2. The Balaban J connectivity index is 1.88. The number of nitrogens with zero attached hydrogens (tertiary/aromatic N) is 6. The molecule has 0 unspecified atom stereocenters. The topological polar surface area (TPSA) is 95.3 Å². The molecule has 8 nitrogen and oxygen atoms in total. The summed E-state index contributed by atoms with van der Waals surface area (Å²) in [5, 5.41) is 9.28. The van der Waals surface area contributed by atoms with Gasteiger partial charge < -0.3 is 21.3 Å². The number of anilines is 2. The van der Waals surface area contributed by atoms with Crippen molar-refractivity contribution in [1.29, 1.82) is 0 Å². The van der Waals surface area contributed by atoms with Gasteiger partial charge in [-0.1, -0.05) is 5.11 Å². The van der Waals surface area contributed by atoms with E-state index in [1.165, 1.54) is 11.4 Å². The highest BCUT2D eigenvalue weighted by molar-refractivity contribution is 5.76. The van der Waals surface area contributed by atoms with Gasteiger partial charge in [0.2, 0.25) is 0 Å². The molecule has 158 valence electrons. The summed E-state index contributed by atoms with van der Waals surface area (Å²) in [4.78, 5) is 4.85. The van der Waals surface area contributed by atoms with Crippen LogP contribution in [0.1, 0.15) is 26.7 Å². The summed E-state index contributed by atoms with van der Waals surface area (Å²) in [7, 11) is 0. The molecule has 2 heterocycles. The second kappa shape index (κ2) is 10.4. The number of benzene rings is 1. The van der Waals surface area contributed by atoms with Gasteiger partial charge in [0.15, 0.2) is 0 Å². The molecule has 0 spiro atoms. The number of aryl methyl sites for hydroxylation is 2. The van der Waals surface area contributed by atoms with Gasteiger partial charge in [-0.3, -0.25) is 0 Å². The average molecular weight is 402 g/mol. The van der Waals surface area contributed by atoms with Gasteiger partial charge >= 0.3 is 5.95 Å². The SMILES string of the molecule is CCN1CCN(CC)c2cc(N=Nc3n(CCC[NH3+])cc[n+]3CCC[NH3+])ccc21. The normalized spacial score (nSPS) is 14.1. The first-order valence-corrected chi connectivity index (χ1v) is 10.9. The molecule has 3 rings (SSSR count). The Morgan fingerprint density at radius 3 is 2.38 bits per heavy atom. The quantitative estimate of drug-likeness (QED) is 0.461. The number of azo groups is 1. The number of likely N-dealkylation sites (N-methyl/N-ethyl adjacent to an activating group) is 2. The maximum atomic E-state index is 4.66. The van der Waals surface area contributed by atoms with Crippen LogP contribution in [0.2, 0.25) is 0 Å². The van der Waals surface area contributed by atoms with Crippen LogP contribution in [-0.4, -0.2) is 43.8 Å². The smallest absolute Gasteiger partial charge is 0.368 e. The molecule has 0 aliphatic carbocycles. The highest BCUT2D eigenvalue weighted by Crippen LogP contribution is 2.36. The second-order valence-corrected chi connectivity index (χ2v) is 7.43. The van der Waals surface area contributed by atoms with Crippen molar-refractivity contribution in [2.45, 2.75) is 39.8 Å². The lowest BCUT2D eigenvalue weighted by molar-refractivity contribution is -0.686. The van der Waals surface area contributed by atoms with Crippen LogP contribution >= 0.6 is 0 Å². The standard InChI is InChI=1S/C21H35N8/c1-3-26-13-14-27(4-2)20-17-18(7-8-19(20)26)24-25-21-28(11-5-9-22)15-16-29(21)12-6-10-23/h7-8,15-17H,3-6,9-14,22-23H2,1-2H3/q+1/p+2. The summed E-state index contributed by atoms with van der Waals surface area (Å²) in [6, 6.07) is 6.44. The highest BCUT2D eigenvalue weighted by atomic mass is 15.3. The maximum absolute atomic E-state index is 4.66. The van der Waals surface area contributed by atoms with E-state index >= 15 is 0 Å². The molecular formula is C21H37N8+3. The number of imidazole rings is 1. The Hall–Kier alpha value is -2.45. The van der Waals surface area contributed by atoms with Crippen molar-refractivity contribution in [2.75, 3.05) is 49.1 Å². The Morgan fingerprint density at radius 2 is 1.69 bits per heavy atom. The van der Waals surface area contributed by atoms with Crippen molar-refractivity contribution in [3.8, 4) is 0 Å². The lowest BCUT2D eigenvalue weighted by Gasteiger charge is -2.38. The molecule has 6 N–H and O–H groups in total. The molecule has 0 atom stereocenters. The zero-order valence-electron chi connectivity index (χ0n) is 18.1. The fourth-order valence-electron chi connectivity index (χ4n) is 3.82. The fraction of sp³-hybridized carbons (Fsp3) is 0.571. The summed E-state index contributed by atoms with van der Waals surface area (Å²) < 4.78 is 4.35. The van der Waals surface area contributed by atoms with Gasteiger partial charge in [-0.25, -0.2) is 9.13 Å². The van der Waals surface area contributed by atoms with Crippen molar-refractivity contribution in [1.82, 2.24) is 4.57 Å². The van der Waals surface area contributed by atoms with Crippen LogP contribution in [0.25, 0.3) is 0 Å². The molecule has 0 fully saturated rings. The van der Waals surface area contributed by atoms with E-state index in [0.717, 1.165) is 76.8 Å². The van der Waals surface area contributed by atoms with E-state index in [2.05, 4.69) is 85.1 Å². The molecule has 1 aromatic heterocycles. The number of rotatable bonds is 10. The van der Waals surface area contributed by atoms with Crippen molar-refractivity contribution in [2.24, 2.45) is 10.2 Å². The molecule has 29 heavy (non-hydrogen) atoms. The summed E-state index contributed by atoms with van der Waals surface area (Å²) in [6.45, 7) is 12.2. The molecule has 8 heteroatoms. The zero-order valence-corrected chi connectivity index (χ0v) is 18.1. The predicted octanol–water partition coefficient (Wildman–Crippen LogP) is 1.12. The molecule has 0 bridgehead atoms. The van der Waals surface area contributed by atoms with Gasteiger partial charge in [-0.05, 0) is 32.0 Å². The molecule has 1 aromatic carbocycles. The fourth-order valence-corrected chi connectivity index (χ4v) is 3.82. The number of aromatic nitrogens is 2. The maximum Gasteiger partial charge on any atom is 0.421 e. The van der Waals surface area contributed by atoms with Crippen LogP contribution in [0.15, 0.2) is 40.8 Å². The van der Waals surface area contributed by atoms with Crippen molar-refractivity contribution in [3.63, 3.8) is 0 Å². The Labute approximate surface area is 173 Å². The molecule has 0 radical (unpaired) electrons. The van der Waals surface area contributed by atoms with Crippen molar-refractivity contribution >= 4 is 23.0 Å². The Bertz CT molecular complexity index is 788. The van der Waals surface area contributed by atoms with E-state index in [9.17, 15) is 0 Å². The van der Waals surface area contributed by atoms with Gasteiger partial charge in [-0.15, -0.1) is 0 Å². The average Bonchev–Trinajstić information content (AvgIpc) is 3.15. The lowest BCUT2D eigenvalue weighted by atomic mass is 10.1. The summed E-state index contributed by atoms with van der Waals surface area (Å²) in [5.74, 6) is 0.896. The largest absolute Gasteiger partial charge is 0.421 e. The summed E-state index contributed by atoms with van der Waals surface area (Å²) in [5.41, 5.74) is 11.4. The molecule has 2 aromatic rings. The van der Waals surface area contributed by atoms with E-state index < -0.39 is 0 Å². The minimum atomic E-state index is 0.896. The van der Waals surface area contributed by atoms with Gasteiger partial charge in [0.25, 0.3) is 0 Å². The molecule has 1 aliphatic rings. The minimum Gasteiger partial charge on any atom is -0.368 e. The van der Waals surface area contributed by atoms with Crippen LogP contribution in [0.3, 0.4) is 0 Å². The summed E-state index contributed by atoms with van der Waals surface area (Å²) >= 11 is 0. The van der Waals surface area contributed by atoms with Gasteiger partial charge in [0.05, 0.1) is 49.9 Å². The van der Waals surface area contributed by atoms with E-state index in [1.54, 1.807) is 0 Å². The van der Waals surface area contributed by atoms with Crippen LogP contribution in [0, 0.1) is 0 Å². The first kappa shape index (κ1) is 21.3. The van der Waals surface area contributed by atoms with Crippen LogP contribution in [0.5, 0.6) is 0 Å². The molecule has 0 saturated heterocycles. The third kappa shape index (κ3) is 4.94. The summed E-state index contributed by atoms with van der Waals surface area (Å²) in [6.07, 6.45) is 6.25. The van der Waals surface area contributed by atoms with Crippen LogP contribution in [0.4, 0.5) is 23.0 Å². The van der Waals surface area contributed by atoms with Gasteiger partial charge in [0, 0.05) is 44.1 Å². The van der Waals surface area contributed by atoms with Crippen molar-refractivity contribution < 1.29 is 16.0 Å². The predicted molar refractivity (Wildman–Crippen MR) is 116 cm³/mol. The third-order valence-electron chi connectivity index (χ3n) is 5.54. The third-order valence-corrected chi connectivity index (χ3v) is 5.54. The molecular weight excluding hydrogens is 364 g/mol. The molecule has 0 saturated carbocycles. The Kier molecular flexibility index (Phi) is 7.60. The second-order valence-electron chi connectivity index (χ2n) is 7.43. The monoisotopic (exact) mass is 401 g/mol. The molecule has 1 aliphatic heterocycles. The van der Waals surface area contributed by atoms with E-state index in [1.807, 2.05) is 0 Å². The van der Waals surface area contributed by atoms with E-state index in [-0.39, 0.29) is 0 Å². The first-order valence-electron chi connectivity index (χ1n) is 10.9. The first-order chi connectivity index (χ1) is 14.2. The van der Waals surface area contributed by atoms with Gasteiger partial charge in [-0.2, -0.15) is 0 Å². The lowest BCUT2D eigenvalue weighted by Crippen LogP contribution is -2.51. The van der Waals surface area contributed by atoms with E-state index in [0.29, 0.717) is 0 Å². The van der Waals surface area contributed by atoms with Gasteiger partial charge in [0.1, 0.15) is 5.69 Å². The Morgan fingerprint density at radius 1 is 0.966 bits per heavy atom. The minimum absolute atomic E-state index is 0.896. The van der Waals surface area contributed by atoms with Crippen molar-refractivity contribution in [3.05, 3.63) is 30.6 Å². The zero-order chi connectivity index (χ0) is 20.6. The van der Waals surface area contributed by atoms with Crippen LogP contribution < -0.4 is 25.8 Å². The number of hydrogen-bond donors (Lipinski definition) is 2. The number of fused-ring (bicyclic) bond motifs is 1. The van der Waals surface area contributed by atoms with E-state index in [4.69, 9.17) is 0 Å². The molecule has 0 amide bonds. The number of hydrogen-bond acceptors (Lipinski definition) is 4. The highest BCUT2D eigenvalue weighted by Gasteiger charge is 2.22.